The van der Waals surface area contributed by atoms with Crippen LogP contribution >= 0.6 is 0 Å². The molecule has 0 bridgehead atoms. The molecule has 3 fully saturated rings. The molecule has 19 heavy (non-hydrogen) atoms. The number of piperidine rings is 1. The molecule has 104 valence electrons. The van der Waals surface area contributed by atoms with E-state index in [0.29, 0.717) is 12.5 Å². The van der Waals surface area contributed by atoms with Crippen molar-refractivity contribution in [2.24, 2.45) is 0 Å². The maximum absolute atomic E-state index is 9.03. The topological polar surface area (TPSA) is 42.3 Å². The molecule has 3 aliphatic rings. The molecule has 1 N–H and O–H groups in total. The summed E-state index contributed by atoms with van der Waals surface area (Å²) in [5, 5.41) is 12.4. The Bertz CT molecular complexity index is 370. The van der Waals surface area contributed by atoms with Gasteiger partial charge in [0.05, 0.1) is 18.0 Å². The highest BCUT2D eigenvalue weighted by Crippen LogP contribution is 2.34. The van der Waals surface area contributed by atoms with E-state index in [4.69, 9.17) is 5.26 Å². The second-order valence-electron chi connectivity index (χ2n) is 6.24. The van der Waals surface area contributed by atoms with Crippen molar-refractivity contribution in [2.45, 2.75) is 49.7 Å². The van der Waals surface area contributed by atoms with E-state index in [1.165, 1.54) is 25.7 Å². The highest BCUT2D eigenvalue weighted by Gasteiger charge is 2.44. The van der Waals surface area contributed by atoms with E-state index in [1.807, 2.05) is 6.20 Å². The molecule has 2 heterocycles. The van der Waals surface area contributed by atoms with Crippen LogP contribution in [0.4, 0.5) is 0 Å². The third kappa shape index (κ3) is 2.37. The minimum Gasteiger partial charge on any atom is -0.372 e. The average Bonchev–Trinajstić information content (AvgIpc) is 3.20. The number of rotatable bonds is 5. The molecule has 0 atom stereocenters. The second kappa shape index (κ2) is 5.15. The predicted octanol–water partition coefficient (Wildman–Crippen LogP) is 1.31. The molecule has 0 aromatic carbocycles. The van der Waals surface area contributed by atoms with Crippen LogP contribution in [0.3, 0.4) is 0 Å². The van der Waals surface area contributed by atoms with Gasteiger partial charge in [0, 0.05) is 38.3 Å². The van der Waals surface area contributed by atoms with Gasteiger partial charge in [-0.2, -0.15) is 5.26 Å². The summed E-state index contributed by atoms with van der Waals surface area (Å²) in [5.74, 6) is 0. The number of nitriles is 1. The van der Waals surface area contributed by atoms with Gasteiger partial charge < -0.3 is 10.2 Å². The summed E-state index contributed by atoms with van der Waals surface area (Å²) in [5.41, 5.74) is 0.137. The molecule has 0 aromatic rings. The lowest BCUT2D eigenvalue weighted by atomic mass is 9.84. The number of nitrogens with one attached hydrogen (secondary N) is 1. The Balaban J connectivity index is 1.57. The Hall–Kier alpha value is -1.05. The summed E-state index contributed by atoms with van der Waals surface area (Å²) in [4.78, 5) is 5.05. The van der Waals surface area contributed by atoms with Crippen molar-refractivity contribution in [3.8, 4) is 6.07 Å². The standard InChI is InChI=1S/C15H24N4/c1-2-19(13-3-4-13)14-5-9-18(10-6-14)15(7-8-16)11-17-12-15/h2,13-14,17H,1,3-7,9-12H2. The van der Waals surface area contributed by atoms with Crippen LogP contribution in [0.15, 0.2) is 12.8 Å². The average molecular weight is 260 g/mol. The molecule has 0 radical (unpaired) electrons. The number of hydrogen-bond acceptors (Lipinski definition) is 4. The molecule has 0 amide bonds. The third-order valence-electron chi connectivity index (χ3n) is 5.05. The smallest absolute Gasteiger partial charge is 0.0642 e. The van der Waals surface area contributed by atoms with E-state index >= 15 is 0 Å². The fraction of sp³-hybridized carbons (Fsp3) is 0.800. The van der Waals surface area contributed by atoms with Gasteiger partial charge in [-0.1, -0.05) is 6.58 Å². The van der Waals surface area contributed by atoms with Crippen LogP contribution < -0.4 is 5.32 Å². The van der Waals surface area contributed by atoms with Gasteiger partial charge in [-0.3, -0.25) is 4.90 Å². The van der Waals surface area contributed by atoms with Gasteiger partial charge in [0.1, 0.15) is 0 Å². The normalized spacial score (nSPS) is 27.3. The van der Waals surface area contributed by atoms with Gasteiger partial charge in [-0.05, 0) is 31.9 Å². The Morgan fingerprint density at radius 1 is 1.26 bits per heavy atom. The molecule has 4 nitrogen and oxygen atoms in total. The van der Waals surface area contributed by atoms with Gasteiger partial charge in [0.25, 0.3) is 0 Å². The summed E-state index contributed by atoms with van der Waals surface area (Å²) < 4.78 is 0. The van der Waals surface area contributed by atoms with Crippen molar-refractivity contribution in [2.75, 3.05) is 26.2 Å². The van der Waals surface area contributed by atoms with Crippen molar-refractivity contribution in [1.82, 2.24) is 15.1 Å². The molecule has 1 aliphatic carbocycles. The summed E-state index contributed by atoms with van der Waals surface area (Å²) in [7, 11) is 0. The zero-order chi connectivity index (χ0) is 13.3. The lowest BCUT2D eigenvalue weighted by Crippen LogP contribution is -2.70. The summed E-state index contributed by atoms with van der Waals surface area (Å²) in [6.45, 7) is 8.21. The predicted molar refractivity (Wildman–Crippen MR) is 75.5 cm³/mol. The van der Waals surface area contributed by atoms with E-state index in [-0.39, 0.29) is 5.54 Å². The van der Waals surface area contributed by atoms with Gasteiger partial charge >= 0.3 is 0 Å². The first-order valence-electron chi connectivity index (χ1n) is 7.52. The first kappa shape index (κ1) is 13.0. The largest absolute Gasteiger partial charge is 0.372 e. The molecule has 0 spiro atoms. The lowest BCUT2D eigenvalue weighted by molar-refractivity contribution is 0.00642. The molecule has 2 saturated heterocycles. The van der Waals surface area contributed by atoms with Gasteiger partial charge in [-0.25, -0.2) is 0 Å². The van der Waals surface area contributed by atoms with Crippen LogP contribution in [0.5, 0.6) is 0 Å². The highest BCUT2D eigenvalue weighted by atomic mass is 15.3. The SMILES string of the molecule is C=CN(C1CC1)C1CCN(C2(CC#N)CNC2)CC1. The van der Waals surface area contributed by atoms with Crippen molar-refractivity contribution in [1.29, 1.82) is 5.26 Å². The molecule has 0 unspecified atom stereocenters. The molecular formula is C15H24N4. The zero-order valence-electron chi connectivity index (χ0n) is 11.6. The van der Waals surface area contributed by atoms with Crippen LogP contribution in [-0.2, 0) is 0 Å². The first-order chi connectivity index (χ1) is 9.29. The van der Waals surface area contributed by atoms with Crippen molar-refractivity contribution >= 4 is 0 Å². The van der Waals surface area contributed by atoms with E-state index in [2.05, 4.69) is 27.8 Å². The molecule has 4 heteroatoms. The van der Waals surface area contributed by atoms with Crippen LogP contribution in [0.2, 0.25) is 0 Å². The molecular weight excluding hydrogens is 236 g/mol. The Kier molecular flexibility index (Phi) is 3.51. The van der Waals surface area contributed by atoms with Crippen LogP contribution in [0, 0.1) is 11.3 Å². The molecule has 0 aromatic heterocycles. The Labute approximate surface area is 116 Å². The quantitative estimate of drug-likeness (QED) is 0.809. The van der Waals surface area contributed by atoms with Crippen LogP contribution in [0.1, 0.15) is 32.1 Å². The minimum absolute atomic E-state index is 0.137. The zero-order valence-corrected chi connectivity index (χ0v) is 11.6. The summed E-state index contributed by atoms with van der Waals surface area (Å²) in [6.07, 6.45) is 7.83. The number of hydrogen-bond donors (Lipinski definition) is 1. The van der Waals surface area contributed by atoms with E-state index in [1.54, 1.807) is 0 Å². The maximum atomic E-state index is 9.03. The highest BCUT2D eigenvalue weighted by molar-refractivity contribution is 5.08. The minimum atomic E-state index is 0.137. The Morgan fingerprint density at radius 2 is 1.89 bits per heavy atom. The van der Waals surface area contributed by atoms with Crippen molar-refractivity contribution in [3.05, 3.63) is 12.8 Å². The second-order valence-corrected chi connectivity index (χ2v) is 6.24. The van der Waals surface area contributed by atoms with E-state index in [9.17, 15) is 0 Å². The van der Waals surface area contributed by atoms with Gasteiger partial charge in [0.15, 0.2) is 0 Å². The first-order valence-corrected chi connectivity index (χ1v) is 7.52. The van der Waals surface area contributed by atoms with Crippen LogP contribution in [0.25, 0.3) is 0 Å². The fourth-order valence-electron chi connectivity index (χ4n) is 3.63. The molecule has 3 rings (SSSR count). The summed E-state index contributed by atoms with van der Waals surface area (Å²) >= 11 is 0. The molecule has 1 saturated carbocycles. The number of likely N-dealkylation sites (tertiary alicyclic amines) is 1. The Morgan fingerprint density at radius 3 is 2.32 bits per heavy atom. The molecule has 2 aliphatic heterocycles. The number of nitrogens with zero attached hydrogens (tertiary/aromatic N) is 3. The summed E-state index contributed by atoms with van der Waals surface area (Å²) in [6, 6.07) is 3.82. The van der Waals surface area contributed by atoms with Crippen molar-refractivity contribution in [3.63, 3.8) is 0 Å². The van der Waals surface area contributed by atoms with E-state index in [0.717, 1.165) is 32.2 Å². The van der Waals surface area contributed by atoms with Crippen LogP contribution in [-0.4, -0.2) is 53.6 Å². The van der Waals surface area contributed by atoms with Gasteiger partial charge in [-0.15, -0.1) is 0 Å². The fourth-order valence-corrected chi connectivity index (χ4v) is 3.63. The monoisotopic (exact) mass is 260 g/mol. The van der Waals surface area contributed by atoms with Crippen molar-refractivity contribution < 1.29 is 0 Å². The van der Waals surface area contributed by atoms with E-state index < -0.39 is 0 Å². The third-order valence-corrected chi connectivity index (χ3v) is 5.05. The maximum Gasteiger partial charge on any atom is 0.0642 e. The lowest BCUT2D eigenvalue weighted by Gasteiger charge is -2.52. The van der Waals surface area contributed by atoms with Gasteiger partial charge in [0.2, 0.25) is 0 Å².